The van der Waals surface area contributed by atoms with Crippen LogP contribution in [0, 0.1) is 5.92 Å². The lowest BCUT2D eigenvalue weighted by Gasteiger charge is -2.26. The number of hydrogen-bond donors (Lipinski definition) is 1. The molecule has 1 saturated carbocycles. The van der Waals surface area contributed by atoms with Crippen LogP contribution in [0.5, 0.6) is 0 Å². The van der Waals surface area contributed by atoms with E-state index in [-0.39, 0.29) is 6.03 Å². The number of nitrogens with two attached hydrogens (primary N) is 1. The van der Waals surface area contributed by atoms with Gasteiger partial charge in [0, 0.05) is 18.0 Å². The van der Waals surface area contributed by atoms with Crippen LogP contribution >= 0.6 is 0 Å². The van der Waals surface area contributed by atoms with Crippen molar-refractivity contribution >= 4 is 17.4 Å². The van der Waals surface area contributed by atoms with E-state index in [1.165, 1.54) is 19.3 Å². The summed E-state index contributed by atoms with van der Waals surface area (Å²) in [7, 11) is 0. The average molecular weight is 391 g/mol. The molecule has 0 saturated heterocycles. The van der Waals surface area contributed by atoms with Gasteiger partial charge in [-0.05, 0) is 37.4 Å². The fourth-order valence-corrected chi connectivity index (χ4v) is 4.40. The van der Waals surface area contributed by atoms with Crippen molar-refractivity contribution in [3.8, 4) is 0 Å². The van der Waals surface area contributed by atoms with Gasteiger partial charge in [-0.3, -0.25) is 4.90 Å². The molecule has 0 spiro atoms. The van der Waals surface area contributed by atoms with Crippen molar-refractivity contribution in [3.63, 3.8) is 0 Å². The van der Waals surface area contributed by atoms with Crippen LogP contribution in [-0.2, 0) is 6.54 Å². The van der Waals surface area contributed by atoms with E-state index < -0.39 is 0 Å². The molecule has 29 heavy (non-hydrogen) atoms. The molecule has 4 rings (SSSR count). The topological polar surface area (TPSA) is 61.9 Å². The van der Waals surface area contributed by atoms with E-state index in [2.05, 4.69) is 12.1 Å². The van der Waals surface area contributed by atoms with Crippen LogP contribution in [0.15, 0.2) is 59.7 Å². The molecule has 1 fully saturated rings. The van der Waals surface area contributed by atoms with Crippen molar-refractivity contribution in [1.29, 1.82) is 0 Å². The molecule has 1 heterocycles. The minimum atomic E-state index is -0.0689. The first-order chi connectivity index (χ1) is 14.3. The highest BCUT2D eigenvalue weighted by molar-refractivity contribution is 6.11. The first kappa shape index (κ1) is 19.6. The Morgan fingerprint density at radius 2 is 1.69 bits per heavy atom. The maximum Gasteiger partial charge on any atom is 0.345 e. The third kappa shape index (κ3) is 4.35. The number of amides is 2. The van der Waals surface area contributed by atoms with Crippen molar-refractivity contribution < 1.29 is 4.79 Å². The van der Waals surface area contributed by atoms with Crippen molar-refractivity contribution in [3.05, 3.63) is 65.7 Å². The van der Waals surface area contributed by atoms with Crippen LogP contribution in [0.4, 0.5) is 10.5 Å². The zero-order chi connectivity index (χ0) is 20.1. The number of anilines is 1. The third-order valence-corrected chi connectivity index (χ3v) is 5.90. The number of fused-ring (bicyclic) bond motifs is 1. The van der Waals surface area contributed by atoms with E-state index in [0.29, 0.717) is 25.6 Å². The molecule has 2 aromatic carbocycles. The van der Waals surface area contributed by atoms with E-state index in [1.54, 1.807) is 5.01 Å². The fraction of sp³-hybridized carbons (Fsp3) is 0.417. The van der Waals surface area contributed by atoms with Crippen LogP contribution in [0.2, 0.25) is 0 Å². The lowest BCUT2D eigenvalue weighted by atomic mass is 9.83. The number of benzene rings is 2. The molecule has 0 radical (unpaired) electrons. The molecule has 1 aliphatic heterocycles. The Bertz CT molecular complexity index is 858. The number of rotatable bonds is 6. The highest BCUT2D eigenvalue weighted by Crippen LogP contribution is 2.34. The van der Waals surface area contributed by atoms with Gasteiger partial charge in [0.15, 0.2) is 0 Å². The number of urea groups is 1. The van der Waals surface area contributed by atoms with Crippen molar-refractivity contribution in [2.24, 2.45) is 16.8 Å². The molecule has 2 amide bonds. The summed E-state index contributed by atoms with van der Waals surface area (Å²) in [4.78, 5) is 15.4. The molecule has 0 aromatic heterocycles. The maximum absolute atomic E-state index is 13.6. The molecule has 152 valence electrons. The quantitative estimate of drug-likeness (QED) is 0.773. The van der Waals surface area contributed by atoms with Crippen LogP contribution in [-0.4, -0.2) is 29.8 Å². The molecular weight excluding hydrogens is 360 g/mol. The van der Waals surface area contributed by atoms with Crippen LogP contribution < -0.4 is 10.6 Å². The zero-order valence-electron chi connectivity index (χ0n) is 17.0. The number of carbonyl (C=O) groups excluding carboxylic acids is 1. The predicted molar refractivity (Wildman–Crippen MR) is 118 cm³/mol. The summed E-state index contributed by atoms with van der Waals surface area (Å²) in [6.07, 6.45) is 6.80. The molecule has 0 bridgehead atoms. The average Bonchev–Trinajstić information content (AvgIpc) is 2.89. The molecule has 0 unspecified atom stereocenters. The Morgan fingerprint density at radius 1 is 0.966 bits per heavy atom. The number of para-hydroxylation sites is 1. The summed E-state index contributed by atoms with van der Waals surface area (Å²) in [5.41, 5.74) is 9.98. The molecule has 2 aliphatic rings. The number of hydrazone groups is 1. The van der Waals surface area contributed by atoms with Gasteiger partial charge in [-0.2, -0.15) is 5.10 Å². The highest BCUT2D eigenvalue weighted by atomic mass is 16.2. The smallest absolute Gasteiger partial charge is 0.330 e. The van der Waals surface area contributed by atoms with E-state index in [0.717, 1.165) is 41.8 Å². The second-order valence-corrected chi connectivity index (χ2v) is 7.96. The van der Waals surface area contributed by atoms with E-state index in [9.17, 15) is 4.79 Å². The van der Waals surface area contributed by atoms with Crippen molar-refractivity contribution in [2.45, 2.75) is 45.1 Å². The fourth-order valence-electron chi connectivity index (χ4n) is 4.40. The lowest BCUT2D eigenvalue weighted by molar-refractivity contribution is 0.204. The van der Waals surface area contributed by atoms with Gasteiger partial charge in [-0.25, -0.2) is 9.80 Å². The molecule has 1 aliphatic carbocycles. The van der Waals surface area contributed by atoms with Crippen molar-refractivity contribution in [1.82, 2.24) is 5.01 Å². The SMILES string of the molecule is NCCCN1C(=O)N(Cc2ccccc2)N=C(C2CCCCC2)c2ccccc21. The highest BCUT2D eigenvalue weighted by Gasteiger charge is 2.32. The maximum atomic E-state index is 13.6. The minimum absolute atomic E-state index is 0.0689. The minimum Gasteiger partial charge on any atom is -0.330 e. The summed E-state index contributed by atoms with van der Waals surface area (Å²) >= 11 is 0. The standard InChI is InChI=1S/C24H30N4O/c25-16-9-17-27-22-15-8-7-14-21(22)23(20-12-5-2-6-13-20)26-28(24(27)29)18-19-10-3-1-4-11-19/h1,3-4,7-8,10-11,14-15,20H,2,5-6,9,12-13,16-18,25H2. The Balaban J connectivity index is 1.77. The normalized spacial score (nSPS) is 17.7. The summed E-state index contributed by atoms with van der Waals surface area (Å²) < 4.78 is 0. The summed E-state index contributed by atoms with van der Waals surface area (Å²) in [5.74, 6) is 0.408. The number of carbonyl (C=O) groups is 1. The van der Waals surface area contributed by atoms with Crippen molar-refractivity contribution in [2.75, 3.05) is 18.0 Å². The summed E-state index contributed by atoms with van der Waals surface area (Å²) in [5, 5.41) is 6.67. The van der Waals surface area contributed by atoms with E-state index >= 15 is 0 Å². The van der Waals surface area contributed by atoms with Gasteiger partial charge in [0.1, 0.15) is 0 Å². The number of hydrogen-bond acceptors (Lipinski definition) is 3. The van der Waals surface area contributed by atoms with Crippen LogP contribution in [0.25, 0.3) is 0 Å². The van der Waals surface area contributed by atoms with Gasteiger partial charge in [0.2, 0.25) is 0 Å². The van der Waals surface area contributed by atoms with Gasteiger partial charge in [0.25, 0.3) is 0 Å². The van der Waals surface area contributed by atoms with Gasteiger partial charge >= 0.3 is 6.03 Å². The second-order valence-electron chi connectivity index (χ2n) is 7.96. The molecule has 5 nitrogen and oxygen atoms in total. The Morgan fingerprint density at radius 3 is 2.45 bits per heavy atom. The Kier molecular flexibility index (Phi) is 6.25. The van der Waals surface area contributed by atoms with E-state index in [1.807, 2.05) is 47.4 Å². The first-order valence-corrected chi connectivity index (χ1v) is 10.8. The number of nitrogens with zero attached hydrogens (tertiary/aromatic N) is 3. The summed E-state index contributed by atoms with van der Waals surface area (Å²) in [6, 6.07) is 18.3. The van der Waals surface area contributed by atoms with Gasteiger partial charge in [-0.15, -0.1) is 0 Å². The molecule has 2 N–H and O–H groups in total. The Labute approximate surface area is 173 Å². The molecule has 5 heteroatoms. The first-order valence-electron chi connectivity index (χ1n) is 10.8. The molecular formula is C24H30N4O. The summed E-state index contributed by atoms with van der Waals surface area (Å²) in [6.45, 7) is 1.63. The monoisotopic (exact) mass is 390 g/mol. The lowest BCUT2D eigenvalue weighted by Crippen LogP contribution is -2.41. The Hall–Kier alpha value is -2.66. The third-order valence-electron chi connectivity index (χ3n) is 5.90. The van der Waals surface area contributed by atoms with Crippen LogP contribution in [0.1, 0.15) is 49.7 Å². The predicted octanol–water partition coefficient (Wildman–Crippen LogP) is 4.76. The molecule has 2 aromatic rings. The van der Waals surface area contributed by atoms with Gasteiger partial charge < -0.3 is 5.73 Å². The zero-order valence-corrected chi connectivity index (χ0v) is 17.0. The largest absolute Gasteiger partial charge is 0.345 e. The van der Waals surface area contributed by atoms with E-state index in [4.69, 9.17) is 10.8 Å². The molecule has 0 atom stereocenters. The second kappa shape index (κ2) is 9.23. The van der Waals surface area contributed by atoms with Crippen LogP contribution in [0.3, 0.4) is 0 Å². The van der Waals surface area contributed by atoms with Gasteiger partial charge in [-0.1, -0.05) is 67.8 Å². The van der Waals surface area contributed by atoms with Gasteiger partial charge in [0.05, 0.1) is 17.9 Å².